The van der Waals surface area contributed by atoms with Gasteiger partial charge in [-0.25, -0.2) is 4.74 Å². The van der Waals surface area contributed by atoms with Crippen molar-refractivity contribution < 1.29 is 30.7 Å². The molecule has 2 N–H and O–H groups in total. The summed E-state index contributed by atoms with van der Waals surface area (Å²) in [6.45, 7) is 4.66. The van der Waals surface area contributed by atoms with Crippen molar-refractivity contribution in [2.75, 3.05) is 0 Å². The number of nitrogens with zero attached hydrogens (tertiary/aromatic N) is 1. The van der Waals surface area contributed by atoms with Gasteiger partial charge in [-0.1, -0.05) is 6.07 Å². The van der Waals surface area contributed by atoms with Gasteiger partial charge in [0.2, 0.25) is 0 Å². The third kappa shape index (κ3) is 4.24. The van der Waals surface area contributed by atoms with Gasteiger partial charge in [0.25, 0.3) is 20.2 Å². The molecule has 1 aromatic rings. The fraction of sp³-hybridized carbons (Fsp3) is 0.364. The highest BCUT2D eigenvalue weighted by Crippen LogP contribution is 2.24. The molecule has 0 aliphatic carbocycles. The van der Waals surface area contributed by atoms with Crippen molar-refractivity contribution in [1.82, 2.24) is 0 Å². The Kier molecular flexibility index (Phi) is 4.49. The van der Waals surface area contributed by atoms with Gasteiger partial charge in [0, 0.05) is 20.8 Å². The first kappa shape index (κ1) is 17.6. The van der Waals surface area contributed by atoms with Gasteiger partial charge < -0.3 is 5.21 Å². The maximum absolute atomic E-state index is 11.8. The Labute approximate surface area is 122 Å². The molecule has 0 aromatic heterocycles. The minimum atomic E-state index is -4.97. The Morgan fingerprint density at radius 1 is 1.10 bits per heavy atom. The molecule has 0 bridgehead atoms. The summed E-state index contributed by atoms with van der Waals surface area (Å²) in [7, 11) is -9.86. The zero-order chi connectivity index (χ0) is 16.6. The van der Waals surface area contributed by atoms with E-state index < -0.39 is 35.6 Å². The van der Waals surface area contributed by atoms with E-state index in [0.717, 1.165) is 24.4 Å². The molecule has 0 saturated heterocycles. The molecule has 1 rings (SSSR count). The first-order valence-corrected chi connectivity index (χ1v) is 8.52. The molecule has 10 heteroatoms. The number of rotatable bonds is 3. The summed E-state index contributed by atoms with van der Waals surface area (Å²) < 4.78 is 63.8. The van der Waals surface area contributed by atoms with Crippen LogP contribution in [0.15, 0.2) is 28.0 Å². The SMILES string of the molecule is CC(C)(C)[N+]([O-])=Cc1cccc(S(=O)(=O)O)c1S(=O)(=O)O. The molecule has 0 atom stereocenters. The van der Waals surface area contributed by atoms with Crippen LogP contribution in [0.4, 0.5) is 0 Å². The molecular formula is C11H15NO7S2. The second-order valence-corrected chi connectivity index (χ2v) is 8.00. The molecular weight excluding hydrogens is 322 g/mol. The molecule has 0 fully saturated rings. The van der Waals surface area contributed by atoms with Crippen LogP contribution in [0.25, 0.3) is 0 Å². The van der Waals surface area contributed by atoms with E-state index >= 15 is 0 Å². The Morgan fingerprint density at radius 3 is 2.00 bits per heavy atom. The lowest BCUT2D eigenvalue weighted by atomic mass is 10.1. The lowest BCUT2D eigenvalue weighted by Gasteiger charge is -2.19. The second-order valence-electron chi connectivity index (χ2n) is 5.25. The Morgan fingerprint density at radius 2 is 1.62 bits per heavy atom. The van der Waals surface area contributed by atoms with Crippen LogP contribution in [0.3, 0.4) is 0 Å². The Bertz CT molecular complexity index is 786. The average Bonchev–Trinajstić information content (AvgIpc) is 2.24. The van der Waals surface area contributed by atoms with Crippen molar-refractivity contribution in [3.8, 4) is 0 Å². The molecule has 118 valence electrons. The lowest BCUT2D eigenvalue weighted by Crippen LogP contribution is -2.29. The van der Waals surface area contributed by atoms with Crippen molar-refractivity contribution in [2.24, 2.45) is 0 Å². The van der Waals surface area contributed by atoms with Crippen LogP contribution in [0, 0.1) is 5.21 Å². The Hall–Kier alpha value is -1.49. The summed E-state index contributed by atoms with van der Waals surface area (Å²) in [5.74, 6) is 0. The average molecular weight is 337 g/mol. The smallest absolute Gasteiger partial charge is 0.296 e. The number of hydroxylamine groups is 1. The minimum absolute atomic E-state index is 0.349. The van der Waals surface area contributed by atoms with E-state index in [1.165, 1.54) is 0 Å². The van der Waals surface area contributed by atoms with E-state index in [-0.39, 0.29) is 5.56 Å². The van der Waals surface area contributed by atoms with Gasteiger partial charge in [0.05, 0.1) is 5.56 Å². The molecule has 0 radical (unpaired) electrons. The van der Waals surface area contributed by atoms with Crippen molar-refractivity contribution in [2.45, 2.75) is 36.1 Å². The lowest BCUT2D eigenvalue weighted by molar-refractivity contribution is -0.530. The maximum atomic E-state index is 11.8. The summed E-state index contributed by atoms with van der Waals surface area (Å²) in [6.07, 6.45) is 0.831. The molecule has 0 spiro atoms. The van der Waals surface area contributed by atoms with Crippen molar-refractivity contribution in [3.05, 3.63) is 29.0 Å². The third-order valence-corrected chi connectivity index (χ3v) is 4.46. The fourth-order valence-electron chi connectivity index (χ4n) is 1.43. The topological polar surface area (TPSA) is 135 Å². The zero-order valence-electron chi connectivity index (χ0n) is 11.5. The zero-order valence-corrected chi connectivity index (χ0v) is 13.1. The first-order chi connectivity index (χ1) is 9.24. The van der Waals surface area contributed by atoms with E-state index in [9.17, 15) is 26.6 Å². The van der Waals surface area contributed by atoms with Crippen LogP contribution in [-0.4, -0.2) is 42.4 Å². The molecule has 8 nitrogen and oxygen atoms in total. The highest BCUT2D eigenvalue weighted by Gasteiger charge is 2.28. The standard InChI is InChI=1S/C11H15NO7S2/c1-11(2,3)12(13)7-8-5-4-6-9(20(14,15)16)10(8)21(17,18)19/h4-7H,1-3H3,(H,14,15,16)(H,17,18,19). The monoisotopic (exact) mass is 337 g/mol. The normalized spacial score (nSPS) is 14.2. The highest BCUT2D eigenvalue weighted by atomic mass is 32.2. The number of hydrogen-bond acceptors (Lipinski definition) is 5. The number of hydrogen-bond donors (Lipinski definition) is 2. The molecule has 0 aliphatic rings. The predicted octanol–water partition coefficient (Wildman–Crippen LogP) is 0.908. The molecule has 21 heavy (non-hydrogen) atoms. The summed E-state index contributed by atoms with van der Waals surface area (Å²) >= 11 is 0. The van der Waals surface area contributed by atoms with Gasteiger partial charge in [-0.05, 0) is 12.1 Å². The van der Waals surface area contributed by atoms with E-state index in [0.29, 0.717) is 4.74 Å². The van der Waals surface area contributed by atoms with E-state index in [1.807, 2.05) is 0 Å². The fourth-order valence-corrected chi connectivity index (χ4v) is 3.41. The van der Waals surface area contributed by atoms with Crippen LogP contribution in [0.1, 0.15) is 26.3 Å². The van der Waals surface area contributed by atoms with Gasteiger partial charge in [-0.2, -0.15) is 16.8 Å². The Balaban J connectivity index is 3.79. The van der Waals surface area contributed by atoms with Crippen LogP contribution < -0.4 is 0 Å². The van der Waals surface area contributed by atoms with Gasteiger partial charge >= 0.3 is 0 Å². The molecule has 0 amide bonds. The minimum Gasteiger partial charge on any atom is -0.623 e. The molecule has 0 saturated carbocycles. The van der Waals surface area contributed by atoms with Gasteiger partial charge in [-0.15, -0.1) is 0 Å². The highest BCUT2D eigenvalue weighted by molar-refractivity contribution is 7.89. The largest absolute Gasteiger partial charge is 0.623 e. The van der Waals surface area contributed by atoms with Crippen LogP contribution >= 0.6 is 0 Å². The van der Waals surface area contributed by atoms with Gasteiger partial charge in [0.15, 0.2) is 11.8 Å². The third-order valence-electron chi connectivity index (χ3n) is 2.46. The first-order valence-electron chi connectivity index (χ1n) is 5.64. The quantitative estimate of drug-likeness (QED) is 0.275. The maximum Gasteiger partial charge on any atom is 0.296 e. The van der Waals surface area contributed by atoms with Crippen molar-refractivity contribution in [3.63, 3.8) is 0 Å². The molecule has 0 heterocycles. The van der Waals surface area contributed by atoms with Crippen molar-refractivity contribution in [1.29, 1.82) is 0 Å². The van der Waals surface area contributed by atoms with Crippen LogP contribution in [0.5, 0.6) is 0 Å². The second kappa shape index (κ2) is 5.37. The number of benzene rings is 1. The van der Waals surface area contributed by atoms with E-state index in [4.69, 9.17) is 4.55 Å². The molecule has 0 aliphatic heterocycles. The predicted molar refractivity (Wildman–Crippen MR) is 74.6 cm³/mol. The van der Waals surface area contributed by atoms with Crippen molar-refractivity contribution >= 4 is 26.5 Å². The summed E-state index contributed by atoms with van der Waals surface area (Å²) in [5, 5.41) is 11.8. The van der Waals surface area contributed by atoms with E-state index in [1.54, 1.807) is 20.8 Å². The van der Waals surface area contributed by atoms with Gasteiger partial charge in [0.1, 0.15) is 9.79 Å². The molecule has 0 unspecified atom stereocenters. The van der Waals surface area contributed by atoms with Crippen LogP contribution in [0.2, 0.25) is 0 Å². The van der Waals surface area contributed by atoms with Gasteiger partial charge in [-0.3, -0.25) is 9.11 Å². The molecule has 1 aromatic carbocycles. The van der Waals surface area contributed by atoms with E-state index in [2.05, 4.69) is 0 Å². The summed E-state index contributed by atoms with van der Waals surface area (Å²) in [5.41, 5.74) is -1.26. The summed E-state index contributed by atoms with van der Waals surface area (Å²) in [6, 6.07) is 3.08. The summed E-state index contributed by atoms with van der Waals surface area (Å²) in [4.78, 5) is -2.04. The van der Waals surface area contributed by atoms with Crippen LogP contribution in [-0.2, 0) is 20.2 Å².